The first-order valence-electron chi connectivity index (χ1n) is 16.8. The topological polar surface area (TPSA) is 42.7 Å². The third-order valence-electron chi connectivity index (χ3n) is 9.23. The van der Waals surface area contributed by atoms with Gasteiger partial charge >= 0.3 is 0 Å². The van der Waals surface area contributed by atoms with Gasteiger partial charge in [0, 0.05) is 38.8 Å². The summed E-state index contributed by atoms with van der Waals surface area (Å²) in [6, 6.07) is 65.7. The normalized spacial score (nSPS) is 11.2. The van der Waals surface area contributed by atoms with Gasteiger partial charge in [-0.1, -0.05) is 140 Å². The van der Waals surface area contributed by atoms with E-state index in [1.165, 1.54) is 27.4 Å². The van der Waals surface area contributed by atoms with Gasteiger partial charge in [0.15, 0.2) is 0 Å². The molecule has 2 heterocycles. The number of aromatic nitrogens is 3. The average Bonchev–Trinajstić information content (AvgIpc) is 3.53. The van der Waals surface area contributed by atoms with Gasteiger partial charge in [0.25, 0.3) is 0 Å². The summed E-state index contributed by atoms with van der Waals surface area (Å²) in [4.78, 5) is 9.96. The number of hydrogen-bond acceptors (Lipinski definition) is 3. The molecule has 7 aromatic carbocycles. The molecule has 0 atom stereocenters. The lowest BCUT2D eigenvalue weighted by Crippen LogP contribution is -2.01. The molecule has 0 fully saturated rings. The Kier molecular flexibility index (Phi) is 7.45. The van der Waals surface area contributed by atoms with Gasteiger partial charge in [-0.25, -0.2) is 9.97 Å². The Bertz CT molecular complexity index is 2550. The van der Waals surface area contributed by atoms with Crippen molar-refractivity contribution in [3.05, 3.63) is 188 Å². The van der Waals surface area contributed by atoms with Crippen LogP contribution in [-0.4, -0.2) is 14.5 Å². The summed E-state index contributed by atoms with van der Waals surface area (Å²) >= 11 is 0. The zero-order chi connectivity index (χ0) is 33.3. The van der Waals surface area contributed by atoms with Crippen molar-refractivity contribution >= 4 is 33.4 Å². The van der Waals surface area contributed by atoms with Crippen molar-refractivity contribution in [3.63, 3.8) is 0 Å². The van der Waals surface area contributed by atoms with Crippen LogP contribution in [0.4, 0.5) is 11.6 Å². The Morgan fingerprint density at radius 3 is 1.68 bits per heavy atom. The molecule has 2 aromatic heterocycles. The van der Waals surface area contributed by atoms with E-state index < -0.39 is 0 Å². The fourth-order valence-corrected chi connectivity index (χ4v) is 6.86. The molecule has 50 heavy (non-hydrogen) atoms. The summed E-state index contributed by atoms with van der Waals surface area (Å²) in [5.41, 5.74) is 12.8. The standard InChI is InChI=1S/C46H32N4/c1-4-15-32(16-5-1)42-31-43(33-17-6-2-7-18-33)49-46(48-42)47-41-25-12-10-23-38(41)36-20-14-19-34(29-36)35-27-28-45-40(30-35)39-24-11-13-26-44(39)50(45)37-21-8-3-9-22-37/h1-31H,(H,47,48,49). The van der Waals surface area contributed by atoms with Gasteiger partial charge in [0.05, 0.1) is 22.4 Å². The zero-order valence-corrected chi connectivity index (χ0v) is 27.2. The summed E-state index contributed by atoms with van der Waals surface area (Å²) in [7, 11) is 0. The predicted octanol–water partition coefficient (Wildman–Crippen LogP) is 12.0. The highest BCUT2D eigenvalue weighted by Gasteiger charge is 2.15. The van der Waals surface area contributed by atoms with Crippen LogP contribution >= 0.6 is 0 Å². The van der Waals surface area contributed by atoms with Gasteiger partial charge in [-0.15, -0.1) is 0 Å². The molecule has 0 aliphatic rings. The summed E-state index contributed by atoms with van der Waals surface area (Å²) in [5.74, 6) is 0.550. The Morgan fingerprint density at radius 2 is 0.940 bits per heavy atom. The number of rotatable bonds is 7. The quantitative estimate of drug-likeness (QED) is 0.188. The molecule has 0 saturated carbocycles. The Labute approximate surface area is 291 Å². The molecule has 9 aromatic rings. The van der Waals surface area contributed by atoms with Crippen LogP contribution in [0.15, 0.2) is 188 Å². The van der Waals surface area contributed by atoms with E-state index in [1.807, 2.05) is 42.5 Å². The van der Waals surface area contributed by atoms with E-state index in [0.717, 1.165) is 50.6 Å². The minimum absolute atomic E-state index is 0.550. The number of hydrogen-bond donors (Lipinski definition) is 1. The van der Waals surface area contributed by atoms with E-state index in [9.17, 15) is 0 Å². The van der Waals surface area contributed by atoms with Crippen molar-refractivity contribution in [2.75, 3.05) is 5.32 Å². The smallest absolute Gasteiger partial charge is 0.228 e. The second-order valence-corrected chi connectivity index (χ2v) is 12.4. The van der Waals surface area contributed by atoms with Crippen LogP contribution in [0.3, 0.4) is 0 Å². The van der Waals surface area contributed by atoms with Crippen molar-refractivity contribution in [1.82, 2.24) is 14.5 Å². The van der Waals surface area contributed by atoms with Crippen molar-refractivity contribution in [2.24, 2.45) is 0 Å². The summed E-state index contributed by atoms with van der Waals surface area (Å²) < 4.78 is 2.35. The predicted molar refractivity (Wildman–Crippen MR) is 208 cm³/mol. The molecule has 1 N–H and O–H groups in total. The van der Waals surface area contributed by atoms with Crippen LogP contribution in [0.2, 0.25) is 0 Å². The lowest BCUT2D eigenvalue weighted by atomic mass is 9.97. The highest BCUT2D eigenvalue weighted by atomic mass is 15.1. The van der Waals surface area contributed by atoms with Gasteiger partial charge in [0.1, 0.15) is 0 Å². The molecular weight excluding hydrogens is 609 g/mol. The molecular formula is C46H32N4. The molecule has 0 amide bonds. The van der Waals surface area contributed by atoms with Gasteiger partial charge in [-0.05, 0) is 65.2 Å². The second-order valence-electron chi connectivity index (χ2n) is 12.4. The largest absolute Gasteiger partial charge is 0.324 e. The fourth-order valence-electron chi connectivity index (χ4n) is 6.86. The van der Waals surface area contributed by atoms with E-state index in [1.54, 1.807) is 0 Å². The Morgan fingerprint density at radius 1 is 0.380 bits per heavy atom. The van der Waals surface area contributed by atoms with Crippen molar-refractivity contribution < 1.29 is 0 Å². The molecule has 9 rings (SSSR count). The van der Waals surface area contributed by atoms with Gasteiger partial charge in [-0.2, -0.15) is 0 Å². The van der Waals surface area contributed by atoms with E-state index in [4.69, 9.17) is 9.97 Å². The molecule has 4 nitrogen and oxygen atoms in total. The number of nitrogens with zero attached hydrogens (tertiary/aromatic N) is 3. The van der Waals surface area contributed by atoms with E-state index in [0.29, 0.717) is 5.95 Å². The van der Waals surface area contributed by atoms with Crippen molar-refractivity contribution in [2.45, 2.75) is 0 Å². The number of benzene rings is 7. The zero-order valence-electron chi connectivity index (χ0n) is 27.2. The highest BCUT2D eigenvalue weighted by Crippen LogP contribution is 2.37. The average molecular weight is 641 g/mol. The maximum absolute atomic E-state index is 4.98. The summed E-state index contributed by atoms with van der Waals surface area (Å²) in [6.07, 6.45) is 0. The molecule has 0 unspecified atom stereocenters. The van der Waals surface area contributed by atoms with Crippen molar-refractivity contribution in [3.8, 4) is 50.5 Å². The fraction of sp³-hybridized carbons (Fsp3) is 0. The molecule has 0 radical (unpaired) electrons. The van der Waals surface area contributed by atoms with Crippen LogP contribution in [0, 0.1) is 0 Å². The Hall–Kier alpha value is -6.78. The number of para-hydroxylation sites is 3. The van der Waals surface area contributed by atoms with Gasteiger partial charge < -0.3 is 9.88 Å². The molecule has 0 aliphatic carbocycles. The van der Waals surface area contributed by atoms with E-state index in [2.05, 4.69) is 155 Å². The number of anilines is 2. The second kappa shape index (κ2) is 12.7. The lowest BCUT2D eigenvalue weighted by molar-refractivity contribution is 1.17. The molecule has 0 bridgehead atoms. The third-order valence-corrected chi connectivity index (χ3v) is 9.23. The third kappa shape index (κ3) is 5.49. The minimum Gasteiger partial charge on any atom is -0.324 e. The van der Waals surface area contributed by atoms with Crippen LogP contribution < -0.4 is 5.32 Å². The highest BCUT2D eigenvalue weighted by molar-refractivity contribution is 6.10. The Balaban J connectivity index is 1.11. The van der Waals surface area contributed by atoms with Crippen molar-refractivity contribution in [1.29, 1.82) is 0 Å². The monoisotopic (exact) mass is 640 g/mol. The van der Waals surface area contributed by atoms with E-state index in [-0.39, 0.29) is 0 Å². The molecule has 0 aliphatic heterocycles. The maximum Gasteiger partial charge on any atom is 0.228 e. The van der Waals surface area contributed by atoms with Crippen LogP contribution in [0.25, 0.3) is 72.3 Å². The lowest BCUT2D eigenvalue weighted by Gasteiger charge is -2.14. The molecule has 0 saturated heterocycles. The molecule has 4 heteroatoms. The summed E-state index contributed by atoms with van der Waals surface area (Å²) in [6.45, 7) is 0. The van der Waals surface area contributed by atoms with Crippen LogP contribution in [0.5, 0.6) is 0 Å². The first-order chi connectivity index (χ1) is 24.8. The summed E-state index contributed by atoms with van der Waals surface area (Å²) in [5, 5.41) is 6.07. The minimum atomic E-state index is 0.550. The number of nitrogens with one attached hydrogen (secondary N) is 1. The molecule has 0 spiro atoms. The van der Waals surface area contributed by atoms with Crippen LogP contribution in [-0.2, 0) is 0 Å². The van der Waals surface area contributed by atoms with E-state index >= 15 is 0 Å². The van der Waals surface area contributed by atoms with Gasteiger partial charge in [0.2, 0.25) is 5.95 Å². The van der Waals surface area contributed by atoms with Crippen LogP contribution in [0.1, 0.15) is 0 Å². The van der Waals surface area contributed by atoms with Gasteiger partial charge in [-0.3, -0.25) is 0 Å². The molecule has 236 valence electrons. The maximum atomic E-state index is 4.98. The first-order valence-corrected chi connectivity index (χ1v) is 16.8. The first kappa shape index (κ1) is 29.4. The SMILES string of the molecule is c1ccc(-c2cc(-c3ccccc3)nc(Nc3ccccc3-c3cccc(-c4ccc5c(c4)c4ccccc4n5-c4ccccc4)c3)n2)cc1. The number of fused-ring (bicyclic) bond motifs is 3.